The second kappa shape index (κ2) is 11.3. The normalized spacial score (nSPS) is 14.7. The lowest BCUT2D eigenvalue weighted by atomic mass is 10.1. The van der Waals surface area contributed by atoms with Crippen LogP contribution in [0.25, 0.3) is 0 Å². The molecule has 0 radical (unpaired) electrons. The molecule has 1 saturated heterocycles. The van der Waals surface area contributed by atoms with Gasteiger partial charge in [-0.15, -0.1) is 0 Å². The molecule has 2 aromatic carbocycles. The van der Waals surface area contributed by atoms with E-state index in [1.807, 2.05) is 38.1 Å². The maximum absolute atomic E-state index is 13.2. The van der Waals surface area contributed by atoms with Crippen molar-refractivity contribution in [3.8, 4) is 11.5 Å². The van der Waals surface area contributed by atoms with E-state index in [0.29, 0.717) is 44.2 Å². The number of para-hydroxylation sites is 1. The molecule has 0 unspecified atom stereocenters. The molecule has 1 aliphatic heterocycles. The summed E-state index contributed by atoms with van der Waals surface area (Å²) in [6, 6.07) is 12.4. The first kappa shape index (κ1) is 24.1. The minimum absolute atomic E-state index is 0.0979. The summed E-state index contributed by atoms with van der Waals surface area (Å²) < 4.78 is 39.2. The highest BCUT2D eigenvalue weighted by atomic mass is 32.2. The lowest BCUT2D eigenvalue weighted by molar-refractivity contribution is -0.116. The molecule has 0 atom stereocenters. The molecule has 7 nitrogen and oxygen atoms in total. The van der Waals surface area contributed by atoms with Gasteiger partial charge in [-0.1, -0.05) is 24.6 Å². The largest absolute Gasteiger partial charge is 0.494 e. The number of amides is 1. The molecule has 0 bridgehead atoms. The number of carbonyl (C=O) groups excluding carboxylic acids is 1. The number of piperidine rings is 1. The van der Waals surface area contributed by atoms with Crippen LogP contribution >= 0.6 is 0 Å². The van der Waals surface area contributed by atoms with Crippen molar-refractivity contribution < 1.29 is 22.7 Å². The van der Waals surface area contributed by atoms with Crippen molar-refractivity contribution in [3.63, 3.8) is 0 Å². The van der Waals surface area contributed by atoms with Crippen LogP contribution in [0.1, 0.15) is 45.1 Å². The quantitative estimate of drug-likeness (QED) is 0.574. The molecule has 3 rings (SSSR count). The predicted molar refractivity (Wildman–Crippen MR) is 125 cm³/mol. The summed E-state index contributed by atoms with van der Waals surface area (Å²) in [4.78, 5) is 12.7. The summed E-state index contributed by atoms with van der Waals surface area (Å²) in [5, 5.41) is 2.83. The number of sulfonamides is 1. The summed E-state index contributed by atoms with van der Waals surface area (Å²) in [6.07, 6.45) is 3.52. The Morgan fingerprint density at radius 1 is 0.969 bits per heavy atom. The number of ether oxygens (including phenoxy) is 2. The van der Waals surface area contributed by atoms with Crippen molar-refractivity contribution in [2.75, 3.05) is 31.6 Å². The summed E-state index contributed by atoms with van der Waals surface area (Å²) in [7, 11) is -3.70. The number of nitrogens with one attached hydrogen (secondary N) is 1. The third-order valence-corrected chi connectivity index (χ3v) is 7.27. The SMILES string of the molecule is CCOc1ccccc1CCC(=O)Nc1ccc(OCC)c(S(=O)(=O)N2CCCCC2)c1. The molecular weight excluding hydrogens is 428 g/mol. The van der Waals surface area contributed by atoms with Crippen LogP contribution in [0.5, 0.6) is 11.5 Å². The second-order valence-electron chi connectivity index (χ2n) is 7.65. The minimum Gasteiger partial charge on any atom is -0.494 e. The van der Waals surface area contributed by atoms with Gasteiger partial charge in [-0.05, 0) is 62.9 Å². The van der Waals surface area contributed by atoms with Gasteiger partial charge in [-0.3, -0.25) is 4.79 Å². The minimum atomic E-state index is -3.70. The number of aryl methyl sites for hydroxylation is 1. The van der Waals surface area contributed by atoms with Gasteiger partial charge >= 0.3 is 0 Å². The highest BCUT2D eigenvalue weighted by molar-refractivity contribution is 7.89. The number of anilines is 1. The van der Waals surface area contributed by atoms with Crippen LogP contribution < -0.4 is 14.8 Å². The number of hydrogen-bond acceptors (Lipinski definition) is 5. The summed E-state index contributed by atoms with van der Waals surface area (Å²) in [5.74, 6) is 0.891. The van der Waals surface area contributed by atoms with Crippen LogP contribution in [0, 0.1) is 0 Å². The van der Waals surface area contributed by atoms with Gasteiger partial charge in [0.05, 0.1) is 13.2 Å². The van der Waals surface area contributed by atoms with Gasteiger partial charge in [0, 0.05) is 25.2 Å². The van der Waals surface area contributed by atoms with Crippen LogP contribution in [0.15, 0.2) is 47.4 Å². The van der Waals surface area contributed by atoms with Crippen molar-refractivity contribution in [1.82, 2.24) is 4.31 Å². The maximum atomic E-state index is 13.2. The summed E-state index contributed by atoms with van der Waals surface area (Å²) >= 11 is 0. The van der Waals surface area contributed by atoms with Gasteiger partial charge in [-0.25, -0.2) is 8.42 Å². The van der Waals surface area contributed by atoms with Crippen LogP contribution in [-0.4, -0.2) is 44.9 Å². The number of nitrogens with zero attached hydrogens (tertiary/aromatic N) is 1. The van der Waals surface area contributed by atoms with Crippen LogP contribution in [0.3, 0.4) is 0 Å². The highest BCUT2D eigenvalue weighted by Crippen LogP contribution is 2.31. The van der Waals surface area contributed by atoms with E-state index in [9.17, 15) is 13.2 Å². The molecule has 1 amide bonds. The standard InChI is InChI=1S/C24H32N2O5S/c1-3-30-21-11-7-6-10-19(21)12-15-24(27)25-20-13-14-22(31-4-2)23(18-20)32(28,29)26-16-8-5-9-17-26/h6-7,10-11,13-14,18H,3-5,8-9,12,15-17H2,1-2H3,(H,25,27). The Labute approximate surface area is 190 Å². The van der Waals surface area contributed by atoms with Gasteiger partial charge in [0.1, 0.15) is 16.4 Å². The third-order valence-electron chi connectivity index (χ3n) is 5.35. The van der Waals surface area contributed by atoms with E-state index in [1.54, 1.807) is 12.1 Å². The maximum Gasteiger partial charge on any atom is 0.246 e. The highest BCUT2D eigenvalue weighted by Gasteiger charge is 2.29. The molecule has 1 N–H and O–H groups in total. The van der Waals surface area contributed by atoms with Gasteiger partial charge in [-0.2, -0.15) is 4.31 Å². The molecule has 174 valence electrons. The average Bonchev–Trinajstić information content (AvgIpc) is 2.80. The second-order valence-corrected chi connectivity index (χ2v) is 9.55. The van der Waals surface area contributed by atoms with Crippen LogP contribution in [0.4, 0.5) is 5.69 Å². The van der Waals surface area contributed by atoms with E-state index in [0.717, 1.165) is 30.6 Å². The van der Waals surface area contributed by atoms with E-state index in [2.05, 4.69) is 5.32 Å². The molecule has 1 aliphatic rings. The Morgan fingerprint density at radius 2 is 1.66 bits per heavy atom. The number of benzene rings is 2. The van der Waals surface area contributed by atoms with Crippen molar-refractivity contribution in [3.05, 3.63) is 48.0 Å². The van der Waals surface area contributed by atoms with E-state index in [-0.39, 0.29) is 17.2 Å². The van der Waals surface area contributed by atoms with Crippen LogP contribution in [0.2, 0.25) is 0 Å². The number of carbonyl (C=O) groups is 1. The molecule has 0 aromatic heterocycles. The lowest BCUT2D eigenvalue weighted by Gasteiger charge is -2.27. The lowest BCUT2D eigenvalue weighted by Crippen LogP contribution is -2.35. The van der Waals surface area contributed by atoms with Crippen molar-refractivity contribution in [2.45, 2.75) is 50.8 Å². The topological polar surface area (TPSA) is 84.9 Å². The van der Waals surface area contributed by atoms with Crippen molar-refractivity contribution in [2.24, 2.45) is 0 Å². The van der Waals surface area contributed by atoms with Crippen LogP contribution in [-0.2, 0) is 21.2 Å². The fourth-order valence-corrected chi connectivity index (χ4v) is 5.46. The molecule has 32 heavy (non-hydrogen) atoms. The molecule has 1 heterocycles. The predicted octanol–water partition coefficient (Wildman–Crippen LogP) is 4.23. The summed E-state index contributed by atoms with van der Waals surface area (Å²) in [5.41, 5.74) is 1.40. The van der Waals surface area contributed by atoms with Gasteiger partial charge in [0.25, 0.3) is 0 Å². The van der Waals surface area contributed by atoms with Crippen molar-refractivity contribution >= 4 is 21.6 Å². The van der Waals surface area contributed by atoms with Crippen molar-refractivity contribution in [1.29, 1.82) is 0 Å². The monoisotopic (exact) mass is 460 g/mol. The number of rotatable bonds is 10. The first-order valence-electron chi connectivity index (χ1n) is 11.2. The zero-order valence-electron chi connectivity index (χ0n) is 18.8. The molecule has 0 aliphatic carbocycles. The number of hydrogen-bond donors (Lipinski definition) is 1. The Balaban J connectivity index is 1.74. The molecular formula is C24H32N2O5S. The van der Waals surface area contributed by atoms with E-state index in [1.165, 1.54) is 10.4 Å². The van der Waals surface area contributed by atoms with Gasteiger partial charge in [0.2, 0.25) is 15.9 Å². The fourth-order valence-electron chi connectivity index (χ4n) is 3.78. The van der Waals surface area contributed by atoms with E-state index >= 15 is 0 Å². The van der Waals surface area contributed by atoms with Gasteiger partial charge < -0.3 is 14.8 Å². The Bertz CT molecular complexity index is 1020. The molecule has 0 saturated carbocycles. The molecule has 1 fully saturated rings. The Kier molecular flexibility index (Phi) is 8.53. The zero-order chi connectivity index (χ0) is 23.0. The fraction of sp³-hybridized carbons (Fsp3) is 0.458. The van der Waals surface area contributed by atoms with E-state index in [4.69, 9.17) is 9.47 Å². The third kappa shape index (κ3) is 6.01. The smallest absolute Gasteiger partial charge is 0.246 e. The molecule has 8 heteroatoms. The Hall–Kier alpha value is -2.58. The average molecular weight is 461 g/mol. The van der Waals surface area contributed by atoms with Gasteiger partial charge in [0.15, 0.2) is 0 Å². The first-order valence-corrected chi connectivity index (χ1v) is 12.7. The first-order chi connectivity index (χ1) is 15.5. The molecule has 2 aromatic rings. The Morgan fingerprint density at radius 3 is 2.38 bits per heavy atom. The summed E-state index contributed by atoms with van der Waals surface area (Å²) in [6.45, 7) is 5.66. The molecule has 0 spiro atoms. The zero-order valence-corrected chi connectivity index (χ0v) is 19.6. The van der Waals surface area contributed by atoms with E-state index < -0.39 is 10.0 Å².